The molecule has 0 saturated carbocycles. The van der Waals surface area contributed by atoms with E-state index in [2.05, 4.69) is 10.2 Å². The minimum Gasteiger partial charge on any atom is -0.348 e. The number of amides is 1. The number of piperidine rings is 1. The van der Waals surface area contributed by atoms with Gasteiger partial charge in [0.05, 0.1) is 4.21 Å². The van der Waals surface area contributed by atoms with Crippen molar-refractivity contribution < 1.29 is 18.0 Å². The fourth-order valence-corrected chi connectivity index (χ4v) is 5.49. The molecule has 1 aromatic carbocycles. The number of hydrogen-bond acceptors (Lipinski definition) is 4. The average molecular weight is 398 g/mol. The molecule has 138 valence electrons. The van der Waals surface area contributed by atoms with Gasteiger partial charge in [-0.05, 0) is 55.3 Å². The molecule has 3 nitrogen and oxygen atoms in total. The van der Waals surface area contributed by atoms with E-state index in [9.17, 15) is 18.0 Å². The average Bonchev–Trinajstić information content (AvgIpc) is 3.31. The Morgan fingerprint density at radius 2 is 1.92 bits per heavy atom. The van der Waals surface area contributed by atoms with Crippen LogP contribution in [0, 0.1) is 5.92 Å². The summed E-state index contributed by atoms with van der Waals surface area (Å²) < 4.78 is 38.5. The molecular weight excluding hydrogens is 381 g/mol. The quantitative estimate of drug-likeness (QED) is 0.831. The molecule has 0 radical (unpaired) electrons. The summed E-state index contributed by atoms with van der Waals surface area (Å²) in [4.78, 5) is 15.0. The molecule has 2 aliphatic rings. The van der Waals surface area contributed by atoms with Crippen LogP contribution in [-0.2, 0) is 6.18 Å². The summed E-state index contributed by atoms with van der Waals surface area (Å²) in [6.07, 6.45) is -3.16. The van der Waals surface area contributed by atoms with Gasteiger partial charge in [-0.15, -0.1) is 11.3 Å². The van der Waals surface area contributed by atoms with Gasteiger partial charge >= 0.3 is 6.18 Å². The number of halogens is 3. The third-order valence-electron chi connectivity index (χ3n) is 4.84. The van der Waals surface area contributed by atoms with Gasteiger partial charge in [-0.3, -0.25) is 4.79 Å². The molecule has 2 saturated heterocycles. The lowest BCUT2D eigenvalue weighted by atomic mass is 9.99. The fourth-order valence-electron chi connectivity index (χ4n) is 3.52. The minimum absolute atomic E-state index is 0.0872. The predicted octanol–water partition coefficient (Wildman–Crippen LogP) is 4.35. The Bertz CT molecular complexity index is 804. The molecule has 2 unspecified atom stereocenters. The highest BCUT2D eigenvalue weighted by atomic mass is 32.2. The zero-order chi connectivity index (χ0) is 18.3. The number of alkyl halides is 3. The number of thiophene rings is 1. The molecule has 1 aromatic heterocycles. The molecule has 2 bridgehead atoms. The van der Waals surface area contributed by atoms with Crippen molar-refractivity contribution in [3.05, 3.63) is 46.8 Å². The van der Waals surface area contributed by atoms with E-state index in [-0.39, 0.29) is 11.9 Å². The summed E-state index contributed by atoms with van der Waals surface area (Å²) in [5, 5.41) is 3.11. The maximum Gasteiger partial charge on any atom is 0.425 e. The smallest absolute Gasteiger partial charge is 0.348 e. The highest BCUT2D eigenvalue weighted by Crippen LogP contribution is 2.40. The predicted molar refractivity (Wildman–Crippen MR) is 95.7 cm³/mol. The molecular formula is C18H17F3N2OS2. The Kier molecular flexibility index (Phi) is 4.75. The van der Waals surface area contributed by atoms with Gasteiger partial charge in [0.1, 0.15) is 4.88 Å². The molecule has 8 heteroatoms. The lowest BCUT2D eigenvalue weighted by molar-refractivity contribution is -0.134. The first kappa shape index (κ1) is 17.9. The zero-order valence-corrected chi connectivity index (χ0v) is 15.4. The van der Waals surface area contributed by atoms with Crippen molar-refractivity contribution in [2.75, 3.05) is 19.6 Å². The number of rotatable bonds is 4. The maximum absolute atomic E-state index is 12.7. The number of carbonyl (C=O) groups is 1. The standard InChI is InChI=1S/C18H17F3N2OS2/c19-18(20,21)15-5-6-16(26-15)25-13-3-1-11(2-4-13)17(24)22-14-10-23-8-7-12(14)9-23/h1-6,12,14H,7-10H2,(H,22,24)/t12-,14?/m0/s1. The fraction of sp³-hybridized carbons (Fsp3) is 0.389. The van der Waals surface area contributed by atoms with Gasteiger partial charge in [0.2, 0.25) is 0 Å². The van der Waals surface area contributed by atoms with Crippen molar-refractivity contribution in [3.63, 3.8) is 0 Å². The van der Waals surface area contributed by atoms with Crippen LogP contribution in [0.4, 0.5) is 13.2 Å². The van der Waals surface area contributed by atoms with E-state index in [1.807, 2.05) is 0 Å². The Morgan fingerprint density at radius 3 is 2.50 bits per heavy atom. The Hall–Kier alpha value is -1.51. The van der Waals surface area contributed by atoms with E-state index in [4.69, 9.17) is 0 Å². The molecule has 3 atom stereocenters. The van der Waals surface area contributed by atoms with Crippen LogP contribution in [0.25, 0.3) is 0 Å². The van der Waals surface area contributed by atoms with E-state index in [1.54, 1.807) is 24.3 Å². The monoisotopic (exact) mass is 398 g/mol. The number of fused-ring (bicyclic) bond motifs is 2. The van der Waals surface area contributed by atoms with Crippen LogP contribution in [0.15, 0.2) is 45.5 Å². The second kappa shape index (κ2) is 6.90. The van der Waals surface area contributed by atoms with Gasteiger partial charge < -0.3 is 10.2 Å². The summed E-state index contributed by atoms with van der Waals surface area (Å²) in [6.45, 7) is 3.12. The van der Waals surface area contributed by atoms with Gasteiger partial charge in [-0.25, -0.2) is 0 Å². The topological polar surface area (TPSA) is 32.3 Å². The van der Waals surface area contributed by atoms with E-state index >= 15 is 0 Å². The second-order valence-corrected chi connectivity index (χ2v) is 9.09. The molecule has 26 heavy (non-hydrogen) atoms. The van der Waals surface area contributed by atoms with Gasteiger partial charge in [0, 0.05) is 29.6 Å². The van der Waals surface area contributed by atoms with Crippen molar-refractivity contribution in [2.24, 2.45) is 5.92 Å². The third kappa shape index (κ3) is 3.77. The van der Waals surface area contributed by atoms with Crippen molar-refractivity contribution >= 4 is 29.0 Å². The Balaban J connectivity index is 1.37. The lowest BCUT2D eigenvalue weighted by Crippen LogP contribution is -2.43. The summed E-state index contributed by atoms with van der Waals surface area (Å²) in [6, 6.07) is 9.79. The first-order valence-electron chi connectivity index (χ1n) is 8.37. The number of carbonyl (C=O) groups excluding carboxylic acids is 1. The van der Waals surface area contributed by atoms with Crippen LogP contribution in [-0.4, -0.2) is 36.5 Å². The largest absolute Gasteiger partial charge is 0.425 e. The normalized spacial score (nSPS) is 24.8. The van der Waals surface area contributed by atoms with Crippen molar-refractivity contribution in [1.82, 2.24) is 10.2 Å². The minimum atomic E-state index is -4.30. The lowest BCUT2D eigenvalue weighted by Gasteiger charge is -2.23. The number of benzene rings is 1. The summed E-state index contributed by atoms with van der Waals surface area (Å²) in [7, 11) is 0. The second-order valence-electron chi connectivity index (χ2n) is 6.63. The van der Waals surface area contributed by atoms with Crippen LogP contribution in [0.3, 0.4) is 0 Å². The van der Waals surface area contributed by atoms with Gasteiger partial charge in [-0.1, -0.05) is 11.8 Å². The summed E-state index contributed by atoms with van der Waals surface area (Å²) in [5.74, 6) is 0.464. The number of nitrogens with one attached hydrogen (secondary N) is 1. The van der Waals surface area contributed by atoms with E-state index in [0.717, 1.165) is 48.4 Å². The molecule has 1 amide bonds. The zero-order valence-electron chi connectivity index (χ0n) is 13.8. The molecule has 0 spiro atoms. The van der Waals surface area contributed by atoms with Crippen LogP contribution in [0.2, 0.25) is 0 Å². The van der Waals surface area contributed by atoms with Crippen molar-refractivity contribution in [3.8, 4) is 0 Å². The van der Waals surface area contributed by atoms with Crippen LogP contribution >= 0.6 is 23.1 Å². The van der Waals surface area contributed by atoms with Crippen LogP contribution < -0.4 is 5.32 Å². The molecule has 3 heterocycles. The Morgan fingerprint density at radius 1 is 1.15 bits per heavy atom. The van der Waals surface area contributed by atoms with E-state index in [0.29, 0.717) is 15.7 Å². The maximum atomic E-state index is 12.7. The first-order valence-corrected chi connectivity index (χ1v) is 10.00. The van der Waals surface area contributed by atoms with Crippen molar-refractivity contribution in [2.45, 2.75) is 27.7 Å². The van der Waals surface area contributed by atoms with Crippen LogP contribution in [0.1, 0.15) is 21.7 Å². The Labute approximate surface area is 157 Å². The molecule has 2 fully saturated rings. The van der Waals surface area contributed by atoms with Gasteiger partial charge in [0.15, 0.2) is 0 Å². The van der Waals surface area contributed by atoms with E-state index < -0.39 is 11.1 Å². The summed E-state index contributed by atoms with van der Waals surface area (Å²) >= 11 is 2.00. The number of nitrogens with zero attached hydrogens (tertiary/aromatic N) is 1. The molecule has 2 aromatic rings. The molecule has 4 rings (SSSR count). The molecule has 0 aliphatic carbocycles. The van der Waals surface area contributed by atoms with Crippen molar-refractivity contribution in [1.29, 1.82) is 0 Å². The first-order chi connectivity index (χ1) is 12.4. The SMILES string of the molecule is O=C(NC1CN2CC[C@H]1C2)c1ccc(Sc2ccc(C(F)(F)F)s2)cc1. The summed E-state index contributed by atoms with van der Waals surface area (Å²) in [5.41, 5.74) is 0.578. The van der Waals surface area contributed by atoms with Gasteiger partial charge in [0.25, 0.3) is 5.91 Å². The highest BCUT2D eigenvalue weighted by Gasteiger charge is 2.38. The molecule has 1 N–H and O–H groups in total. The van der Waals surface area contributed by atoms with Crippen LogP contribution in [0.5, 0.6) is 0 Å². The van der Waals surface area contributed by atoms with Gasteiger partial charge in [-0.2, -0.15) is 13.2 Å². The van der Waals surface area contributed by atoms with E-state index in [1.165, 1.54) is 17.8 Å². The third-order valence-corrected chi connectivity index (χ3v) is 7.11. The number of hydrogen-bond donors (Lipinski definition) is 1. The highest BCUT2D eigenvalue weighted by molar-refractivity contribution is 8.01. The molecule has 2 aliphatic heterocycles.